The molecular formula is C22H35N3O. The molecule has 4 nitrogen and oxygen atoms in total. The first kappa shape index (κ1) is 21.8. The van der Waals surface area contributed by atoms with Crippen LogP contribution in [0.1, 0.15) is 57.6 Å². The largest absolute Gasteiger partial charge is 0.389 e. The Morgan fingerprint density at radius 1 is 1.23 bits per heavy atom. The normalized spacial score (nSPS) is 11.5. The Hall–Kier alpha value is -2.23. The van der Waals surface area contributed by atoms with Gasteiger partial charge in [0.1, 0.15) is 6.04 Å². The fraction of sp³-hybridized carbons (Fsp3) is 0.500. The Labute approximate surface area is 159 Å². The van der Waals surface area contributed by atoms with E-state index in [4.69, 9.17) is 0 Å². The maximum Gasteiger partial charge on any atom is 0.246 e. The van der Waals surface area contributed by atoms with E-state index < -0.39 is 0 Å². The van der Waals surface area contributed by atoms with Crippen LogP contribution in [0.2, 0.25) is 0 Å². The van der Waals surface area contributed by atoms with E-state index in [1.807, 2.05) is 6.92 Å². The molecule has 0 aromatic heterocycles. The van der Waals surface area contributed by atoms with Crippen LogP contribution in [0, 0.1) is 0 Å². The lowest BCUT2D eigenvalue weighted by Gasteiger charge is -2.16. The van der Waals surface area contributed by atoms with Gasteiger partial charge in [0.2, 0.25) is 5.91 Å². The maximum atomic E-state index is 12.3. The van der Waals surface area contributed by atoms with E-state index in [-0.39, 0.29) is 11.9 Å². The summed E-state index contributed by atoms with van der Waals surface area (Å²) in [6.45, 7) is 14.6. The molecule has 0 saturated carbocycles. The zero-order valence-corrected chi connectivity index (χ0v) is 16.7. The average Bonchev–Trinajstić information content (AvgIpc) is 2.62. The van der Waals surface area contributed by atoms with Crippen LogP contribution in [0.5, 0.6) is 0 Å². The molecule has 0 unspecified atom stereocenters. The Balaban J connectivity index is 2.62. The van der Waals surface area contributed by atoms with Crippen molar-refractivity contribution in [3.63, 3.8) is 0 Å². The van der Waals surface area contributed by atoms with Crippen molar-refractivity contribution in [3.8, 4) is 0 Å². The van der Waals surface area contributed by atoms with Crippen molar-refractivity contribution >= 4 is 11.6 Å². The Morgan fingerprint density at radius 2 is 2.00 bits per heavy atom. The lowest BCUT2D eigenvalue weighted by molar-refractivity contribution is -0.117. The molecular weight excluding hydrogens is 322 g/mol. The number of nitrogens with one attached hydrogen (secondary N) is 3. The van der Waals surface area contributed by atoms with Crippen LogP contribution in [0.25, 0.3) is 0 Å². The van der Waals surface area contributed by atoms with Crippen molar-refractivity contribution in [2.24, 2.45) is 0 Å². The summed E-state index contributed by atoms with van der Waals surface area (Å²) in [4.78, 5) is 12.3. The maximum absolute atomic E-state index is 12.3. The van der Waals surface area contributed by atoms with Crippen LogP contribution in [-0.4, -0.2) is 18.5 Å². The van der Waals surface area contributed by atoms with Gasteiger partial charge in [-0.2, -0.15) is 0 Å². The number of rotatable bonds is 13. The van der Waals surface area contributed by atoms with E-state index in [9.17, 15) is 4.79 Å². The van der Waals surface area contributed by atoms with Gasteiger partial charge in [-0.3, -0.25) is 4.79 Å². The number of unbranched alkanes of at least 4 members (excludes halogenated alkanes) is 2. The van der Waals surface area contributed by atoms with Gasteiger partial charge in [0.05, 0.1) is 0 Å². The zero-order valence-electron chi connectivity index (χ0n) is 16.7. The van der Waals surface area contributed by atoms with E-state index in [0.29, 0.717) is 0 Å². The predicted molar refractivity (Wildman–Crippen MR) is 112 cm³/mol. The van der Waals surface area contributed by atoms with Gasteiger partial charge in [-0.25, -0.2) is 0 Å². The Kier molecular flexibility index (Phi) is 10.2. The van der Waals surface area contributed by atoms with Crippen molar-refractivity contribution in [1.29, 1.82) is 0 Å². The molecule has 0 radical (unpaired) electrons. The highest BCUT2D eigenvalue weighted by atomic mass is 16.2. The van der Waals surface area contributed by atoms with Crippen molar-refractivity contribution in [2.45, 2.75) is 65.3 Å². The summed E-state index contributed by atoms with van der Waals surface area (Å²) in [6.07, 6.45) is 7.90. The molecule has 0 aliphatic carbocycles. The smallest absolute Gasteiger partial charge is 0.246 e. The topological polar surface area (TPSA) is 53.2 Å². The van der Waals surface area contributed by atoms with E-state index in [1.165, 1.54) is 11.1 Å². The van der Waals surface area contributed by atoms with Crippen molar-refractivity contribution < 1.29 is 4.79 Å². The molecule has 0 spiro atoms. The molecule has 144 valence electrons. The number of aryl methyl sites for hydroxylation is 2. The third-order valence-electron chi connectivity index (χ3n) is 4.45. The number of hydrogen-bond donors (Lipinski definition) is 3. The molecule has 0 aliphatic heterocycles. The fourth-order valence-electron chi connectivity index (χ4n) is 2.84. The van der Waals surface area contributed by atoms with Gasteiger partial charge in [0.15, 0.2) is 0 Å². The van der Waals surface area contributed by atoms with Crippen LogP contribution in [-0.2, 0) is 17.6 Å². The van der Waals surface area contributed by atoms with Gasteiger partial charge in [-0.15, -0.1) is 0 Å². The minimum Gasteiger partial charge on any atom is -0.389 e. The number of hydrogen-bond acceptors (Lipinski definition) is 3. The SMILES string of the molecule is C=CN[C@H](C)C(=O)Nc1cc(CC)ccc1CCCCCC(=C)NCC. The van der Waals surface area contributed by atoms with Crippen molar-refractivity contribution in [3.05, 3.63) is 54.4 Å². The zero-order chi connectivity index (χ0) is 19.4. The molecule has 1 aromatic carbocycles. The third kappa shape index (κ3) is 7.77. The molecule has 26 heavy (non-hydrogen) atoms. The Bertz CT molecular complexity index is 595. The molecule has 4 heteroatoms. The van der Waals surface area contributed by atoms with Gasteiger partial charge >= 0.3 is 0 Å². The standard InChI is InChI=1S/C22H35N3O/c1-6-19-14-15-20(13-11-9-10-12-17(4)23-7-2)21(16-19)25-22(26)18(5)24-8-3/h8,14-16,18,23-24H,3-4,6-7,9-13H2,1-2,5H3,(H,25,26)/t18-/m1/s1. The second-order valence-corrected chi connectivity index (χ2v) is 6.62. The minimum absolute atomic E-state index is 0.0404. The highest BCUT2D eigenvalue weighted by molar-refractivity contribution is 5.95. The summed E-state index contributed by atoms with van der Waals surface area (Å²) in [5.74, 6) is -0.0404. The number of benzene rings is 1. The van der Waals surface area contributed by atoms with Crippen LogP contribution < -0.4 is 16.0 Å². The predicted octanol–water partition coefficient (Wildman–Crippen LogP) is 4.54. The summed E-state index contributed by atoms with van der Waals surface area (Å²) in [5.41, 5.74) is 4.49. The number of carbonyl (C=O) groups excluding carboxylic acids is 1. The second kappa shape index (κ2) is 12.2. The van der Waals surface area contributed by atoms with Gasteiger partial charge in [-0.1, -0.05) is 38.6 Å². The molecule has 0 saturated heterocycles. The van der Waals surface area contributed by atoms with Gasteiger partial charge in [-0.05, 0) is 69.3 Å². The van der Waals surface area contributed by atoms with Crippen LogP contribution >= 0.6 is 0 Å². The molecule has 0 heterocycles. The molecule has 1 atom stereocenters. The fourth-order valence-corrected chi connectivity index (χ4v) is 2.84. The van der Waals surface area contributed by atoms with E-state index in [0.717, 1.165) is 56.5 Å². The van der Waals surface area contributed by atoms with E-state index in [2.05, 4.69) is 61.2 Å². The van der Waals surface area contributed by atoms with Crippen LogP contribution in [0.3, 0.4) is 0 Å². The molecule has 1 amide bonds. The first-order valence-corrected chi connectivity index (χ1v) is 9.73. The summed E-state index contributed by atoms with van der Waals surface area (Å²) >= 11 is 0. The van der Waals surface area contributed by atoms with E-state index >= 15 is 0 Å². The van der Waals surface area contributed by atoms with Crippen molar-refractivity contribution in [2.75, 3.05) is 11.9 Å². The highest BCUT2D eigenvalue weighted by Crippen LogP contribution is 2.21. The quantitative estimate of drug-likeness (QED) is 0.454. The van der Waals surface area contributed by atoms with Gasteiger partial charge < -0.3 is 16.0 Å². The summed E-state index contributed by atoms with van der Waals surface area (Å²) in [6, 6.07) is 6.10. The number of carbonyl (C=O) groups is 1. The molecule has 1 aromatic rings. The lowest BCUT2D eigenvalue weighted by atomic mass is 10.0. The Morgan fingerprint density at radius 3 is 2.65 bits per heavy atom. The highest BCUT2D eigenvalue weighted by Gasteiger charge is 2.13. The van der Waals surface area contributed by atoms with Crippen LogP contribution in [0.4, 0.5) is 5.69 Å². The van der Waals surface area contributed by atoms with Gasteiger partial charge in [0, 0.05) is 17.9 Å². The summed E-state index contributed by atoms with van der Waals surface area (Å²) < 4.78 is 0. The molecule has 0 fully saturated rings. The minimum atomic E-state index is -0.303. The number of amides is 1. The van der Waals surface area contributed by atoms with Gasteiger partial charge in [0.25, 0.3) is 0 Å². The molecule has 0 aliphatic rings. The molecule has 3 N–H and O–H groups in total. The summed E-state index contributed by atoms with van der Waals surface area (Å²) in [7, 11) is 0. The lowest BCUT2D eigenvalue weighted by Crippen LogP contribution is -2.35. The first-order valence-electron chi connectivity index (χ1n) is 9.73. The third-order valence-corrected chi connectivity index (χ3v) is 4.45. The first-order chi connectivity index (χ1) is 12.5. The number of allylic oxidation sites excluding steroid dienone is 1. The van der Waals surface area contributed by atoms with Crippen molar-refractivity contribution in [1.82, 2.24) is 10.6 Å². The number of anilines is 1. The second-order valence-electron chi connectivity index (χ2n) is 6.62. The monoisotopic (exact) mass is 357 g/mol. The van der Waals surface area contributed by atoms with E-state index in [1.54, 1.807) is 6.20 Å². The van der Waals surface area contributed by atoms with Crippen LogP contribution in [0.15, 0.2) is 43.3 Å². The molecule has 0 bridgehead atoms. The molecule has 1 rings (SSSR count). The summed E-state index contributed by atoms with van der Waals surface area (Å²) in [5, 5.41) is 9.27. The average molecular weight is 358 g/mol.